The smallest absolute Gasteiger partial charge is 0.195 e. The van der Waals surface area contributed by atoms with E-state index in [1.54, 1.807) is 21.3 Å². The van der Waals surface area contributed by atoms with E-state index in [0.717, 1.165) is 30.2 Å². The molecule has 0 saturated carbocycles. The molecule has 7 nitrogen and oxygen atoms in total. The SMILES string of the molecule is CN=C(NCc1ccc(N2CCCC2)nc1)Nc1ccc(OC)c(OC)c1. The summed E-state index contributed by atoms with van der Waals surface area (Å²) in [6, 6.07) is 9.85. The van der Waals surface area contributed by atoms with Gasteiger partial charge in [0.25, 0.3) is 0 Å². The van der Waals surface area contributed by atoms with Gasteiger partial charge in [-0.3, -0.25) is 4.99 Å². The van der Waals surface area contributed by atoms with Crippen LogP contribution in [0.5, 0.6) is 11.5 Å². The van der Waals surface area contributed by atoms with E-state index in [4.69, 9.17) is 9.47 Å². The van der Waals surface area contributed by atoms with Crippen LogP contribution in [0.4, 0.5) is 11.5 Å². The Kier molecular flexibility index (Phi) is 6.35. The molecule has 0 bridgehead atoms. The van der Waals surface area contributed by atoms with Gasteiger partial charge in [-0.15, -0.1) is 0 Å². The Hall–Kier alpha value is -2.96. The zero-order valence-corrected chi connectivity index (χ0v) is 16.2. The zero-order valence-electron chi connectivity index (χ0n) is 16.2. The molecule has 2 heterocycles. The van der Waals surface area contributed by atoms with Gasteiger partial charge in [-0.25, -0.2) is 4.98 Å². The molecule has 1 aromatic carbocycles. The van der Waals surface area contributed by atoms with Crippen LogP contribution in [0.25, 0.3) is 0 Å². The van der Waals surface area contributed by atoms with Crippen LogP contribution in [-0.2, 0) is 6.54 Å². The van der Waals surface area contributed by atoms with Crippen molar-refractivity contribution in [3.05, 3.63) is 42.1 Å². The molecule has 2 aromatic rings. The van der Waals surface area contributed by atoms with Gasteiger partial charge < -0.3 is 25.0 Å². The normalized spacial score (nSPS) is 14.2. The molecular weight excluding hydrogens is 342 g/mol. The van der Waals surface area contributed by atoms with Crippen molar-refractivity contribution < 1.29 is 9.47 Å². The molecule has 1 aliphatic rings. The summed E-state index contributed by atoms with van der Waals surface area (Å²) in [6.07, 6.45) is 4.43. The van der Waals surface area contributed by atoms with Crippen LogP contribution in [0.2, 0.25) is 0 Å². The number of pyridine rings is 1. The Labute approximate surface area is 160 Å². The molecule has 1 saturated heterocycles. The molecule has 0 unspecified atom stereocenters. The Balaban J connectivity index is 1.57. The molecule has 0 atom stereocenters. The van der Waals surface area contributed by atoms with E-state index < -0.39 is 0 Å². The molecule has 0 radical (unpaired) electrons. The summed E-state index contributed by atoms with van der Waals surface area (Å²) in [5, 5.41) is 6.56. The number of benzene rings is 1. The standard InChI is InChI=1S/C20H27N5O2/c1-21-20(24-16-7-8-17(26-2)18(12-16)27-3)23-14-15-6-9-19(22-13-15)25-10-4-5-11-25/h6-9,12-13H,4-5,10-11,14H2,1-3H3,(H2,21,23,24). The minimum Gasteiger partial charge on any atom is -0.493 e. The number of aromatic nitrogens is 1. The zero-order chi connectivity index (χ0) is 19.1. The van der Waals surface area contributed by atoms with Crippen LogP contribution in [0, 0.1) is 0 Å². The number of anilines is 2. The van der Waals surface area contributed by atoms with E-state index in [9.17, 15) is 0 Å². The summed E-state index contributed by atoms with van der Waals surface area (Å²) < 4.78 is 10.6. The lowest BCUT2D eigenvalue weighted by Gasteiger charge is -2.17. The Bertz CT molecular complexity index is 770. The molecular formula is C20H27N5O2. The molecule has 0 spiro atoms. The van der Waals surface area contributed by atoms with Gasteiger partial charge in [0.05, 0.1) is 14.2 Å². The summed E-state index contributed by atoms with van der Waals surface area (Å²) >= 11 is 0. The van der Waals surface area contributed by atoms with Gasteiger partial charge in [0.15, 0.2) is 17.5 Å². The number of aliphatic imine (C=N–C) groups is 1. The van der Waals surface area contributed by atoms with Crippen LogP contribution in [0.3, 0.4) is 0 Å². The van der Waals surface area contributed by atoms with Crippen LogP contribution in [0.15, 0.2) is 41.5 Å². The fourth-order valence-electron chi connectivity index (χ4n) is 3.07. The van der Waals surface area contributed by atoms with Crippen LogP contribution in [-0.4, -0.2) is 45.3 Å². The highest BCUT2D eigenvalue weighted by atomic mass is 16.5. The Morgan fingerprint density at radius 1 is 1.11 bits per heavy atom. The quantitative estimate of drug-likeness (QED) is 0.603. The summed E-state index contributed by atoms with van der Waals surface area (Å²) in [7, 11) is 4.98. The number of ether oxygens (including phenoxy) is 2. The van der Waals surface area contributed by atoms with Gasteiger partial charge in [-0.05, 0) is 36.6 Å². The fraction of sp³-hybridized carbons (Fsp3) is 0.400. The molecule has 144 valence electrons. The van der Waals surface area contributed by atoms with E-state index in [1.807, 2.05) is 24.4 Å². The number of nitrogens with one attached hydrogen (secondary N) is 2. The lowest BCUT2D eigenvalue weighted by molar-refractivity contribution is 0.355. The van der Waals surface area contributed by atoms with E-state index in [2.05, 4.69) is 37.6 Å². The van der Waals surface area contributed by atoms with Gasteiger partial charge in [0, 0.05) is 44.6 Å². The molecule has 7 heteroatoms. The first-order valence-corrected chi connectivity index (χ1v) is 9.13. The van der Waals surface area contributed by atoms with Crippen molar-refractivity contribution in [1.29, 1.82) is 0 Å². The van der Waals surface area contributed by atoms with Crippen LogP contribution >= 0.6 is 0 Å². The summed E-state index contributed by atoms with van der Waals surface area (Å²) in [5.41, 5.74) is 1.97. The van der Waals surface area contributed by atoms with Crippen molar-refractivity contribution in [2.75, 3.05) is 44.6 Å². The van der Waals surface area contributed by atoms with Crippen molar-refractivity contribution in [2.45, 2.75) is 19.4 Å². The highest BCUT2D eigenvalue weighted by molar-refractivity contribution is 5.93. The molecule has 1 aliphatic heterocycles. The molecule has 1 fully saturated rings. The molecule has 2 N–H and O–H groups in total. The van der Waals surface area contributed by atoms with E-state index >= 15 is 0 Å². The van der Waals surface area contributed by atoms with Gasteiger partial charge in [-0.1, -0.05) is 6.07 Å². The minimum absolute atomic E-state index is 0.639. The van der Waals surface area contributed by atoms with Gasteiger partial charge in [0.2, 0.25) is 0 Å². The van der Waals surface area contributed by atoms with E-state index in [-0.39, 0.29) is 0 Å². The maximum atomic E-state index is 5.34. The van der Waals surface area contributed by atoms with Gasteiger partial charge in [-0.2, -0.15) is 0 Å². The number of nitrogens with zero attached hydrogens (tertiary/aromatic N) is 3. The first-order chi connectivity index (χ1) is 13.2. The van der Waals surface area contributed by atoms with Crippen LogP contribution < -0.4 is 25.0 Å². The van der Waals surface area contributed by atoms with Crippen molar-refractivity contribution in [2.24, 2.45) is 4.99 Å². The summed E-state index contributed by atoms with van der Waals surface area (Å²) in [5.74, 6) is 3.09. The van der Waals surface area contributed by atoms with Gasteiger partial charge in [0.1, 0.15) is 5.82 Å². The van der Waals surface area contributed by atoms with E-state index in [1.165, 1.54) is 12.8 Å². The Morgan fingerprint density at radius 2 is 1.89 bits per heavy atom. The van der Waals surface area contributed by atoms with Crippen molar-refractivity contribution in [3.8, 4) is 11.5 Å². The van der Waals surface area contributed by atoms with Crippen LogP contribution in [0.1, 0.15) is 18.4 Å². The number of rotatable bonds is 6. The first-order valence-electron chi connectivity index (χ1n) is 9.13. The average Bonchev–Trinajstić information content (AvgIpc) is 3.26. The maximum absolute atomic E-state index is 5.34. The Morgan fingerprint density at radius 3 is 2.52 bits per heavy atom. The topological polar surface area (TPSA) is 71.0 Å². The maximum Gasteiger partial charge on any atom is 0.195 e. The molecule has 1 aromatic heterocycles. The molecule has 27 heavy (non-hydrogen) atoms. The van der Waals surface area contributed by atoms with Crippen molar-refractivity contribution in [3.63, 3.8) is 0 Å². The molecule has 3 rings (SSSR count). The largest absolute Gasteiger partial charge is 0.493 e. The third kappa shape index (κ3) is 4.81. The first kappa shape index (κ1) is 18.8. The summed E-state index contributed by atoms with van der Waals surface area (Å²) in [4.78, 5) is 11.2. The highest BCUT2D eigenvalue weighted by Crippen LogP contribution is 2.29. The van der Waals surface area contributed by atoms with Crippen molar-refractivity contribution >= 4 is 17.5 Å². The second kappa shape index (κ2) is 9.12. The average molecular weight is 369 g/mol. The lowest BCUT2D eigenvalue weighted by atomic mass is 10.2. The number of methoxy groups -OCH3 is 2. The predicted octanol–water partition coefficient (Wildman–Crippen LogP) is 2.89. The third-order valence-electron chi connectivity index (χ3n) is 4.57. The fourth-order valence-corrected chi connectivity index (χ4v) is 3.07. The second-order valence-corrected chi connectivity index (χ2v) is 6.34. The molecule has 0 aliphatic carbocycles. The minimum atomic E-state index is 0.639. The van der Waals surface area contributed by atoms with Crippen molar-refractivity contribution in [1.82, 2.24) is 10.3 Å². The number of hydrogen-bond acceptors (Lipinski definition) is 5. The lowest BCUT2D eigenvalue weighted by Crippen LogP contribution is -2.30. The second-order valence-electron chi connectivity index (χ2n) is 6.34. The molecule has 0 amide bonds. The monoisotopic (exact) mass is 369 g/mol. The number of hydrogen-bond donors (Lipinski definition) is 2. The third-order valence-corrected chi connectivity index (χ3v) is 4.57. The number of guanidine groups is 1. The summed E-state index contributed by atoms with van der Waals surface area (Å²) in [6.45, 7) is 2.85. The highest BCUT2D eigenvalue weighted by Gasteiger charge is 2.13. The van der Waals surface area contributed by atoms with E-state index in [0.29, 0.717) is 24.0 Å². The predicted molar refractivity (Wildman–Crippen MR) is 109 cm³/mol. The van der Waals surface area contributed by atoms with Gasteiger partial charge >= 0.3 is 0 Å².